The van der Waals surface area contributed by atoms with Crippen molar-refractivity contribution in [3.8, 4) is 0 Å². The SMILES string of the molecule is CSCC[C@H](NC(=O)[C@H](CCC(=O)O)NC(=O)[C@H](CC(=O)O)NC(=O)[C@H](CO)NC(=O)[C@H](Cc1ccccc1)NC(=O)[C@H](CO)NC(=O)CNC(=O)[C@H](CC(=O)O)NC(=O)CNC(=O)[C@@H](N)Cc1cnc[nH]1)C(=O)N[C@@H](CC(N)=O)C(=O)N[C@H](C(=O)O)[C@@H](C)O. The van der Waals surface area contributed by atoms with Gasteiger partial charge in [0.1, 0.15) is 48.3 Å². The molecule has 0 aliphatic rings. The Morgan fingerprint density at radius 1 is 0.533 bits per heavy atom. The van der Waals surface area contributed by atoms with Crippen LogP contribution in [0, 0.1) is 0 Å². The number of aromatic amines is 1. The zero-order valence-corrected chi connectivity index (χ0v) is 49.1. The molecule has 0 aliphatic carbocycles. The van der Waals surface area contributed by atoms with Crippen molar-refractivity contribution in [2.45, 2.75) is 125 Å². The summed E-state index contributed by atoms with van der Waals surface area (Å²) in [5.74, 6) is -21.1. The quantitative estimate of drug-likeness (QED) is 0.0293. The molecule has 1 aromatic carbocycles. The smallest absolute Gasteiger partial charge is 0.328 e. The summed E-state index contributed by atoms with van der Waals surface area (Å²) < 4.78 is 0. The normalized spacial score (nSPS) is 14.5. The van der Waals surface area contributed by atoms with Crippen LogP contribution in [0.5, 0.6) is 0 Å². The second kappa shape index (κ2) is 39.1. The van der Waals surface area contributed by atoms with E-state index in [9.17, 15) is 112 Å². The fraction of sp³-hybridized carbons (Fsp3) is 0.510. The largest absolute Gasteiger partial charge is 0.481 e. The van der Waals surface area contributed by atoms with Crippen molar-refractivity contribution in [1.82, 2.24) is 68.5 Å². The Bertz CT molecular complexity index is 2870. The van der Waals surface area contributed by atoms with Crippen LogP contribution in [0.15, 0.2) is 42.9 Å². The molecular weight excluding hydrogens is 1220 g/mol. The number of carboxylic acid groups (broad SMARTS) is 4. The van der Waals surface area contributed by atoms with E-state index in [0.29, 0.717) is 11.3 Å². The number of imidazole rings is 1. The molecule has 1 heterocycles. The highest BCUT2D eigenvalue weighted by molar-refractivity contribution is 7.98. The van der Waals surface area contributed by atoms with Crippen LogP contribution in [0.2, 0.25) is 0 Å². The van der Waals surface area contributed by atoms with E-state index in [1.807, 2.05) is 10.6 Å². The van der Waals surface area contributed by atoms with E-state index < -0.39 is 226 Å². The van der Waals surface area contributed by atoms with Crippen molar-refractivity contribution in [1.29, 1.82) is 0 Å². The molecule has 2 rings (SSSR count). The fourth-order valence-electron chi connectivity index (χ4n) is 7.75. The summed E-state index contributed by atoms with van der Waals surface area (Å²) in [7, 11) is 0. The van der Waals surface area contributed by atoms with Crippen LogP contribution in [0.1, 0.15) is 56.7 Å². The molecule has 1 aromatic heterocycles. The standard InChI is InChI=1S/C51H73N15O23S/c1-23(69)41(51(88)89)66-48(85)30(14-35(53)70)63-45(82)28(10-11-90-2)61-44(81)27(8-9-38(73)74)60-47(84)32(16-40(77)78)64-50(87)34(21-68)65-46(83)29(12-24-6-4-3-5-7-24)62-49(86)33(20-67)59-37(72)19-56-43(80)31(15-39(75)76)58-36(71)18-55-42(79)26(52)13-25-17-54-22-57-25/h3-7,17,22-23,26-34,41,67-69H,8-16,18-21,52H2,1-2H3,(H2,53,70)(H,54,57)(H,55,79)(H,56,80)(H,58,71)(H,59,72)(H,60,84)(H,61,81)(H,62,86)(H,63,82)(H,64,87)(H,65,83)(H,66,85)(H,73,74)(H,75,76)(H,77,78)(H,88,89)/t23-,26+,27+,28+,29+,30+,31+,32+,33+,34+,41+/m1/s1. The molecule has 2 aromatic rings. The number of nitrogens with two attached hydrogens (primary N) is 2. The van der Waals surface area contributed by atoms with Crippen LogP contribution in [-0.2, 0) is 89.6 Å². The first-order chi connectivity index (χ1) is 42.4. The first-order valence-corrected chi connectivity index (χ1v) is 28.4. The lowest BCUT2D eigenvalue weighted by Crippen LogP contribution is -2.61. The van der Waals surface area contributed by atoms with E-state index in [2.05, 4.69) is 57.8 Å². The van der Waals surface area contributed by atoms with Crippen molar-refractivity contribution in [3.05, 3.63) is 54.1 Å². The van der Waals surface area contributed by atoms with Gasteiger partial charge in [-0.1, -0.05) is 30.3 Å². The van der Waals surface area contributed by atoms with Crippen LogP contribution >= 0.6 is 11.8 Å². The highest BCUT2D eigenvalue weighted by atomic mass is 32.2. The summed E-state index contributed by atoms with van der Waals surface area (Å²) in [6, 6.07) is -10.6. The highest BCUT2D eigenvalue weighted by Crippen LogP contribution is 2.10. The summed E-state index contributed by atoms with van der Waals surface area (Å²) >= 11 is 1.15. The van der Waals surface area contributed by atoms with Crippen LogP contribution in [0.4, 0.5) is 0 Å². The van der Waals surface area contributed by atoms with Crippen molar-refractivity contribution in [2.24, 2.45) is 11.5 Å². The van der Waals surface area contributed by atoms with Crippen LogP contribution in [0.25, 0.3) is 0 Å². The van der Waals surface area contributed by atoms with Crippen LogP contribution in [0.3, 0.4) is 0 Å². The van der Waals surface area contributed by atoms with E-state index in [0.717, 1.165) is 18.7 Å². The number of hydrogen-bond donors (Lipinski definition) is 21. The monoisotopic (exact) mass is 1300 g/mol. The third-order valence-electron chi connectivity index (χ3n) is 12.4. The number of carboxylic acids is 4. The molecule has 0 unspecified atom stereocenters. The number of H-pyrrole nitrogens is 1. The number of benzene rings is 1. The number of aliphatic carboxylic acids is 4. The molecule has 496 valence electrons. The summed E-state index contributed by atoms with van der Waals surface area (Å²) in [5, 5.41) is 91.6. The zero-order chi connectivity index (χ0) is 67.8. The molecule has 39 heteroatoms. The highest BCUT2D eigenvalue weighted by Gasteiger charge is 2.37. The third-order valence-corrected chi connectivity index (χ3v) is 13.0. The Labute approximate surface area is 514 Å². The number of rotatable bonds is 42. The molecule has 0 radical (unpaired) electrons. The maximum atomic E-state index is 13.9. The van der Waals surface area contributed by atoms with E-state index >= 15 is 0 Å². The first kappa shape index (κ1) is 76.2. The molecule has 0 fully saturated rings. The van der Waals surface area contributed by atoms with E-state index in [4.69, 9.17) is 11.5 Å². The van der Waals surface area contributed by atoms with Gasteiger partial charge in [-0.25, -0.2) is 9.78 Å². The fourth-order valence-corrected chi connectivity index (χ4v) is 8.22. The average molecular weight is 1300 g/mol. The lowest BCUT2D eigenvalue weighted by molar-refractivity contribution is -0.145. The van der Waals surface area contributed by atoms with Gasteiger partial charge < -0.3 is 111 Å². The Hall–Kier alpha value is -9.86. The molecular formula is C51H73N15O23S. The van der Waals surface area contributed by atoms with Gasteiger partial charge >= 0.3 is 23.9 Å². The maximum Gasteiger partial charge on any atom is 0.328 e. The zero-order valence-electron chi connectivity index (χ0n) is 48.3. The predicted octanol–water partition coefficient (Wildman–Crippen LogP) is -9.99. The predicted molar refractivity (Wildman–Crippen MR) is 305 cm³/mol. The summed E-state index contributed by atoms with van der Waals surface area (Å²) in [6.07, 6.45) is -2.76. The Balaban J connectivity index is 2.28. The number of aliphatic hydroxyl groups is 3. The molecule has 38 nitrogen and oxygen atoms in total. The van der Waals surface area contributed by atoms with Gasteiger partial charge in [-0.3, -0.25) is 71.9 Å². The minimum absolute atomic E-state index is 0.0147. The number of amides is 12. The van der Waals surface area contributed by atoms with Gasteiger partial charge in [0, 0.05) is 31.2 Å². The van der Waals surface area contributed by atoms with Gasteiger partial charge in [0.25, 0.3) is 0 Å². The molecule has 0 saturated carbocycles. The topological polar surface area (TPSA) is 628 Å². The maximum absolute atomic E-state index is 13.9. The van der Waals surface area contributed by atoms with Crippen molar-refractivity contribution in [2.75, 3.05) is 38.3 Å². The number of thioether (sulfide) groups is 1. The lowest BCUT2D eigenvalue weighted by Gasteiger charge is -2.27. The van der Waals surface area contributed by atoms with Gasteiger partial charge in [-0.05, 0) is 37.3 Å². The van der Waals surface area contributed by atoms with Gasteiger partial charge in [0.05, 0.1) is 64.0 Å². The molecule has 90 heavy (non-hydrogen) atoms. The van der Waals surface area contributed by atoms with Gasteiger partial charge in [-0.15, -0.1) is 0 Å². The minimum Gasteiger partial charge on any atom is -0.481 e. The van der Waals surface area contributed by atoms with Crippen molar-refractivity contribution in [3.63, 3.8) is 0 Å². The Morgan fingerprint density at radius 3 is 1.44 bits per heavy atom. The number of primary amides is 1. The number of nitrogens with one attached hydrogen (secondary N) is 12. The number of aliphatic hydroxyl groups excluding tert-OH is 3. The Morgan fingerprint density at radius 2 is 0.967 bits per heavy atom. The van der Waals surface area contributed by atoms with Gasteiger partial charge in [-0.2, -0.15) is 11.8 Å². The minimum atomic E-state index is -2.19. The molecule has 23 N–H and O–H groups in total. The van der Waals surface area contributed by atoms with Gasteiger partial charge in [0.2, 0.25) is 70.9 Å². The summed E-state index contributed by atoms with van der Waals surface area (Å²) in [4.78, 5) is 212. The van der Waals surface area contributed by atoms with E-state index in [1.54, 1.807) is 12.3 Å². The second-order valence-corrected chi connectivity index (χ2v) is 20.6. The lowest BCUT2D eigenvalue weighted by atomic mass is 10.0. The molecule has 0 saturated heterocycles. The van der Waals surface area contributed by atoms with Crippen molar-refractivity contribution >= 4 is 107 Å². The van der Waals surface area contributed by atoms with Crippen molar-refractivity contribution < 1.29 is 112 Å². The second-order valence-electron chi connectivity index (χ2n) is 19.6. The number of hydrogen-bond acceptors (Lipinski definition) is 22. The molecule has 11 atom stereocenters. The first-order valence-electron chi connectivity index (χ1n) is 27.0. The van der Waals surface area contributed by atoms with E-state index in [-0.39, 0.29) is 18.6 Å². The third kappa shape index (κ3) is 28.3. The number of aromatic nitrogens is 2. The van der Waals surface area contributed by atoms with Crippen LogP contribution in [-0.4, -0.2) is 245 Å². The number of carbonyl (C=O) groups is 16. The summed E-state index contributed by atoms with van der Waals surface area (Å²) in [6.45, 7) is -3.18. The molecule has 0 aliphatic heterocycles. The molecule has 0 bridgehead atoms. The number of nitrogens with zero attached hydrogens (tertiary/aromatic N) is 1. The summed E-state index contributed by atoms with van der Waals surface area (Å²) in [5.41, 5.74) is 11.9. The van der Waals surface area contributed by atoms with Gasteiger partial charge in [0.15, 0.2) is 6.04 Å². The number of carbonyl (C=O) groups excluding carboxylic acids is 12. The Kier molecular flexibility index (Phi) is 33.1. The molecule has 12 amide bonds. The average Bonchev–Trinajstić information content (AvgIpc) is 1.90. The van der Waals surface area contributed by atoms with E-state index in [1.165, 1.54) is 36.8 Å². The van der Waals surface area contributed by atoms with Crippen LogP contribution < -0.4 is 70.0 Å². The molecule has 0 spiro atoms.